The standard InChI is InChI=1S/C17H19BrN2O/c1-3-19-11-13-5-4-6-15(10-13)20-17(21)14-7-8-16(18)12(2)9-14/h4-10,19H,3,11H2,1-2H3,(H,20,21). The van der Waals surface area contributed by atoms with Gasteiger partial charge in [-0.2, -0.15) is 0 Å². The molecule has 0 radical (unpaired) electrons. The minimum Gasteiger partial charge on any atom is -0.322 e. The number of benzene rings is 2. The van der Waals surface area contributed by atoms with Crippen LogP contribution in [-0.2, 0) is 6.54 Å². The number of hydrogen-bond donors (Lipinski definition) is 2. The summed E-state index contributed by atoms with van der Waals surface area (Å²) in [7, 11) is 0. The molecule has 0 aliphatic rings. The van der Waals surface area contributed by atoms with Gasteiger partial charge in [-0.25, -0.2) is 0 Å². The van der Waals surface area contributed by atoms with E-state index in [0.29, 0.717) is 5.56 Å². The molecular formula is C17H19BrN2O. The van der Waals surface area contributed by atoms with Crippen LogP contribution in [0.1, 0.15) is 28.4 Å². The fourth-order valence-corrected chi connectivity index (χ4v) is 2.26. The lowest BCUT2D eigenvalue weighted by Gasteiger charge is -2.09. The molecule has 2 N–H and O–H groups in total. The Balaban J connectivity index is 2.10. The van der Waals surface area contributed by atoms with Crippen LogP contribution in [0.4, 0.5) is 5.69 Å². The smallest absolute Gasteiger partial charge is 0.255 e. The third kappa shape index (κ3) is 4.41. The molecule has 0 saturated heterocycles. The molecule has 0 saturated carbocycles. The van der Waals surface area contributed by atoms with Crippen molar-refractivity contribution in [2.45, 2.75) is 20.4 Å². The number of anilines is 1. The topological polar surface area (TPSA) is 41.1 Å². The fourth-order valence-electron chi connectivity index (χ4n) is 2.02. The molecule has 0 heterocycles. The van der Waals surface area contributed by atoms with E-state index in [2.05, 4.69) is 33.5 Å². The van der Waals surface area contributed by atoms with Crippen LogP contribution in [0.3, 0.4) is 0 Å². The molecule has 0 aromatic heterocycles. The van der Waals surface area contributed by atoms with Gasteiger partial charge < -0.3 is 10.6 Å². The van der Waals surface area contributed by atoms with Gasteiger partial charge in [0.15, 0.2) is 0 Å². The second-order valence-electron chi connectivity index (χ2n) is 4.90. The first-order valence-electron chi connectivity index (χ1n) is 6.97. The quantitative estimate of drug-likeness (QED) is 0.854. The summed E-state index contributed by atoms with van der Waals surface area (Å²) in [6.07, 6.45) is 0. The van der Waals surface area contributed by atoms with E-state index in [4.69, 9.17) is 0 Å². The van der Waals surface area contributed by atoms with E-state index in [1.165, 1.54) is 0 Å². The van der Waals surface area contributed by atoms with Crippen LogP contribution in [0.25, 0.3) is 0 Å². The van der Waals surface area contributed by atoms with Gasteiger partial charge in [-0.05, 0) is 54.9 Å². The van der Waals surface area contributed by atoms with Crippen molar-refractivity contribution in [2.24, 2.45) is 0 Å². The van der Waals surface area contributed by atoms with E-state index in [0.717, 1.165) is 34.4 Å². The van der Waals surface area contributed by atoms with Crippen LogP contribution in [0, 0.1) is 6.92 Å². The molecular weight excluding hydrogens is 328 g/mol. The lowest BCUT2D eigenvalue weighted by molar-refractivity contribution is 0.102. The summed E-state index contributed by atoms with van der Waals surface area (Å²) in [5, 5.41) is 6.21. The molecule has 3 nitrogen and oxygen atoms in total. The molecule has 2 rings (SSSR count). The maximum Gasteiger partial charge on any atom is 0.255 e. The first-order chi connectivity index (χ1) is 10.1. The van der Waals surface area contributed by atoms with E-state index in [1.54, 1.807) is 0 Å². The normalized spacial score (nSPS) is 10.4. The monoisotopic (exact) mass is 346 g/mol. The van der Waals surface area contributed by atoms with E-state index in [-0.39, 0.29) is 5.91 Å². The predicted octanol–water partition coefficient (Wildman–Crippen LogP) is 4.12. The minimum absolute atomic E-state index is 0.0915. The number of aryl methyl sites for hydroxylation is 1. The Morgan fingerprint density at radius 3 is 2.71 bits per heavy atom. The number of amides is 1. The highest BCUT2D eigenvalue weighted by molar-refractivity contribution is 9.10. The van der Waals surface area contributed by atoms with E-state index >= 15 is 0 Å². The molecule has 0 spiro atoms. The number of halogens is 1. The highest BCUT2D eigenvalue weighted by Gasteiger charge is 2.07. The summed E-state index contributed by atoms with van der Waals surface area (Å²) in [5.41, 5.74) is 3.67. The summed E-state index contributed by atoms with van der Waals surface area (Å²) >= 11 is 3.44. The van der Waals surface area contributed by atoms with Crippen LogP contribution in [-0.4, -0.2) is 12.5 Å². The Morgan fingerprint density at radius 2 is 2.00 bits per heavy atom. The maximum atomic E-state index is 12.3. The second-order valence-corrected chi connectivity index (χ2v) is 5.75. The molecule has 0 fully saturated rings. The Labute approximate surface area is 133 Å². The van der Waals surface area contributed by atoms with Crippen molar-refractivity contribution in [2.75, 3.05) is 11.9 Å². The van der Waals surface area contributed by atoms with Gasteiger partial charge in [-0.1, -0.05) is 35.0 Å². The molecule has 0 aliphatic carbocycles. The fraction of sp³-hybridized carbons (Fsp3) is 0.235. The summed E-state index contributed by atoms with van der Waals surface area (Å²) in [4.78, 5) is 12.3. The highest BCUT2D eigenvalue weighted by Crippen LogP contribution is 2.18. The van der Waals surface area contributed by atoms with Crippen molar-refractivity contribution >= 4 is 27.5 Å². The van der Waals surface area contributed by atoms with Crippen LogP contribution < -0.4 is 10.6 Å². The largest absolute Gasteiger partial charge is 0.322 e. The zero-order valence-electron chi connectivity index (χ0n) is 12.2. The number of rotatable bonds is 5. The minimum atomic E-state index is -0.0915. The highest BCUT2D eigenvalue weighted by atomic mass is 79.9. The zero-order valence-corrected chi connectivity index (χ0v) is 13.8. The van der Waals surface area contributed by atoms with Gasteiger partial charge >= 0.3 is 0 Å². The predicted molar refractivity (Wildman–Crippen MR) is 90.7 cm³/mol. The van der Waals surface area contributed by atoms with Gasteiger partial charge in [-0.3, -0.25) is 4.79 Å². The molecule has 2 aromatic carbocycles. The van der Waals surface area contributed by atoms with E-state index in [1.807, 2.05) is 49.4 Å². The molecule has 0 unspecified atom stereocenters. The van der Waals surface area contributed by atoms with Gasteiger partial charge in [0.05, 0.1) is 0 Å². The third-order valence-electron chi connectivity index (χ3n) is 3.18. The Bertz CT molecular complexity index is 640. The maximum absolute atomic E-state index is 12.3. The Hall–Kier alpha value is -1.65. The molecule has 0 aliphatic heterocycles. The van der Waals surface area contributed by atoms with Crippen molar-refractivity contribution in [3.05, 3.63) is 63.6 Å². The zero-order chi connectivity index (χ0) is 15.2. The SMILES string of the molecule is CCNCc1cccc(NC(=O)c2ccc(Br)c(C)c2)c1. The number of carbonyl (C=O) groups excluding carboxylic acids is 1. The average Bonchev–Trinajstić information content (AvgIpc) is 2.48. The van der Waals surface area contributed by atoms with E-state index in [9.17, 15) is 4.79 Å². The van der Waals surface area contributed by atoms with Crippen molar-refractivity contribution in [3.63, 3.8) is 0 Å². The van der Waals surface area contributed by atoms with Crippen LogP contribution in [0.15, 0.2) is 46.9 Å². The average molecular weight is 347 g/mol. The summed E-state index contributed by atoms with van der Waals surface area (Å²) in [6.45, 7) is 5.77. The number of carbonyl (C=O) groups is 1. The lowest BCUT2D eigenvalue weighted by Crippen LogP contribution is -2.14. The van der Waals surface area contributed by atoms with Crippen molar-refractivity contribution in [1.82, 2.24) is 5.32 Å². The Kier molecular flexibility index (Phi) is 5.53. The molecule has 2 aromatic rings. The summed E-state index contributed by atoms with van der Waals surface area (Å²) in [6, 6.07) is 13.5. The van der Waals surface area contributed by atoms with Crippen molar-refractivity contribution in [3.8, 4) is 0 Å². The molecule has 110 valence electrons. The van der Waals surface area contributed by atoms with Crippen LogP contribution in [0.5, 0.6) is 0 Å². The third-order valence-corrected chi connectivity index (χ3v) is 4.07. The van der Waals surface area contributed by atoms with Gasteiger partial charge in [0.2, 0.25) is 0 Å². The summed E-state index contributed by atoms with van der Waals surface area (Å²) in [5.74, 6) is -0.0915. The Morgan fingerprint density at radius 1 is 1.19 bits per heavy atom. The van der Waals surface area contributed by atoms with Crippen LogP contribution in [0.2, 0.25) is 0 Å². The first kappa shape index (κ1) is 15.7. The summed E-state index contributed by atoms with van der Waals surface area (Å²) < 4.78 is 1.01. The lowest BCUT2D eigenvalue weighted by atomic mass is 10.1. The van der Waals surface area contributed by atoms with Gasteiger partial charge in [0, 0.05) is 22.3 Å². The number of nitrogens with one attached hydrogen (secondary N) is 2. The first-order valence-corrected chi connectivity index (χ1v) is 7.76. The molecule has 0 bridgehead atoms. The van der Waals surface area contributed by atoms with Gasteiger partial charge in [-0.15, -0.1) is 0 Å². The van der Waals surface area contributed by atoms with Crippen molar-refractivity contribution < 1.29 is 4.79 Å². The van der Waals surface area contributed by atoms with Gasteiger partial charge in [0.25, 0.3) is 5.91 Å². The second kappa shape index (κ2) is 7.38. The number of hydrogen-bond acceptors (Lipinski definition) is 2. The molecule has 4 heteroatoms. The van der Waals surface area contributed by atoms with Gasteiger partial charge in [0.1, 0.15) is 0 Å². The molecule has 1 amide bonds. The van der Waals surface area contributed by atoms with E-state index < -0.39 is 0 Å². The van der Waals surface area contributed by atoms with Crippen LogP contribution >= 0.6 is 15.9 Å². The molecule has 21 heavy (non-hydrogen) atoms. The van der Waals surface area contributed by atoms with Crippen molar-refractivity contribution in [1.29, 1.82) is 0 Å². The molecule has 0 atom stereocenters.